The quantitative estimate of drug-likeness (QED) is 0.820. The van der Waals surface area contributed by atoms with Gasteiger partial charge < -0.3 is 5.73 Å². The monoisotopic (exact) mass is 216 g/mol. The van der Waals surface area contributed by atoms with E-state index < -0.39 is 0 Å². The number of hydrogen-bond donors (Lipinski definition) is 1. The largest absolute Gasteiger partial charge is 0.326 e. The zero-order valence-electron chi connectivity index (χ0n) is 8.20. The average Bonchev–Trinajstić information content (AvgIpc) is 2.30. The Hall–Kier alpha value is -1.31. The number of benzene rings is 2. The van der Waals surface area contributed by atoms with Crippen LogP contribution in [0.5, 0.6) is 0 Å². The predicted octanol–water partition coefficient (Wildman–Crippen LogP) is 3.27. The van der Waals surface area contributed by atoms with Gasteiger partial charge in [-0.25, -0.2) is 0 Å². The lowest BCUT2D eigenvalue weighted by atomic mass is 10.00. The first kappa shape index (κ1) is 10.2. The van der Waals surface area contributed by atoms with E-state index in [0.29, 0.717) is 11.6 Å². The van der Waals surface area contributed by atoms with Crippen LogP contribution in [0, 0.1) is 6.07 Å². The van der Waals surface area contributed by atoms with Crippen LogP contribution in [-0.4, -0.2) is 0 Å². The molecule has 2 N–H and O–H groups in total. The Labute approximate surface area is 94.5 Å². The highest BCUT2D eigenvalue weighted by atomic mass is 35.5. The second-order valence-corrected chi connectivity index (χ2v) is 3.68. The molecule has 0 atom stereocenters. The van der Waals surface area contributed by atoms with Crippen LogP contribution in [0.3, 0.4) is 0 Å². The molecule has 0 aliphatic carbocycles. The van der Waals surface area contributed by atoms with Gasteiger partial charge in [-0.2, -0.15) is 0 Å². The van der Waals surface area contributed by atoms with Crippen molar-refractivity contribution in [1.29, 1.82) is 0 Å². The lowest BCUT2D eigenvalue weighted by Crippen LogP contribution is -1.99. The molecule has 0 unspecified atom stereocenters. The van der Waals surface area contributed by atoms with Gasteiger partial charge in [0, 0.05) is 17.6 Å². The molecule has 1 radical (unpaired) electrons. The maximum Gasteiger partial charge on any atom is 0.0488 e. The molecule has 0 aliphatic heterocycles. The van der Waals surface area contributed by atoms with Gasteiger partial charge in [0.05, 0.1) is 0 Å². The maximum atomic E-state index is 5.87. The Bertz CT molecular complexity index is 451. The van der Waals surface area contributed by atoms with Crippen molar-refractivity contribution in [3.63, 3.8) is 0 Å². The van der Waals surface area contributed by atoms with Gasteiger partial charge in [-0.15, -0.1) is 0 Å². The fourth-order valence-corrected chi connectivity index (χ4v) is 1.74. The van der Waals surface area contributed by atoms with E-state index in [4.69, 9.17) is 17.3 Å². The smallest absolute Gasteiger partial charge is 0.0488 e. The van der Waals surface area contributed by atoms with Gasteiger partial charge in [-0.3, -0.25) is 0 Å². The fourth-order valence-electron chi connectivity index (χ4n) is 1.56. The molecule has 0 saturated heterocycles. The van der Waals surface area contributed by atoms with E-state index in [1.807, 2.05) is 30.3 Å². The summed E-state index contributed by atoms with van der Waals surface area (Å²) in [4.78, 5) is 0. The molecule has 0 spiro atoms. The van der Waals surface area contributed by atoms with Crippen molar-refractivity contribution >= 4 is 11.6 Å². The van der Waals surface area contributed by atoms with Gasteiger partial charge in [0.15, 0.2) is 0 Å². The van der Waals surface area contributed by atoms with Crippen LogP contribution in [-0.2, 0) is 6.54 Å². The predicted molar refractivity (Wildman–Crippen MR) is 63.6 cm³/mol. The van der Waals surface area contributed by atoms with Gasteiger partial charge >= 0.3 is 0 Å². The topological polar surface area (TPSA) is 26.0 Å². The van der Waals surface area contributed by atoms with Crippen molar-refractivity contribution in [3.05, 3.63) is 59.1 Å². The van der Waals surface area contributed by atoms with Crippen LogP contribution < -0.4 is 5.73 Å². The molecule has 0 aromatic heterocycles. The standard InChI is InChI=1S/C13H11ClN/c14-12-6-7-13(11(8-12)9-15)10-4-2-1-3-5-10/h1-7H,9,15H2. The van der Waals surface area contributed by atoms with E-state index >= 15 is 0 Å². The maximum absolute atomic E-state index is 5.87. The summed E-state index contributed by atoms with van der Waals surface area (Å²) in [6.45, 7) is 0.449. The molecule has 75 valence electrons. The molecular formula is C13H11ClN. The lowest BCUT2D eigenvalue weighted by Gasteiger charge is -2.07. The van der Waals surface area contributed by atoms with Gasteiger partial charge in [-0.05, 0) is 22.8 Å². The number of hydrogen-bond acceptors (Lipinski definition) is 1. The third kappa shape index (κ3) is 2.20. The molecule has 0 aliphatic rings. The minimum Gasteiger partial charge on any atom is -0.326 e. The molecule has 0 amide bonds. The van der Waals surface area contributed by atoms with Crippen molar-refractivity contribution in [2.75, 3.05) is 0 Å². The number of nitrogens with two attached hydrogens (primary N) is 1. The van der Waals surface area contributed by atoms with E-state index in [1.54, 1.807) is 0 Å². The highest BCUT2D eigenvalue weighted by Gasteiger charge is 2.04. The van der Waals surface area contributed by atoms with Crippen molar-refractivity contribution in [3.8, 4) is 11.1 Å². The Morgan fingerprint density at radius 1 is 1.07 bits per heavy atom. The average molecular weight is 217 g/mol. The summed E-state index contributed by atoms with van der Waals surface area (Å²) in [6.07, 6.45) is 0. The Kier molecular flexibility index (Phi) is 3.05. The van der Waals surface area contributed by atoms with Crippen molar-refractivity contribution < 1.29 is 0 Å². The Morgan fingerprint density at radius 3 is 2.47 bits per heavy atom. The molecule has 2 heteroatoms. The molecule has 2 aromatic rings. The molecule has 1 nitrogen and oxygen atoms in total. The molecule has 0 fully saturated rings. The summed E-state index contributed by atoms with van der Waals surface area (Å²) in [5, 5.41) is 0.607. The third-order valence-electron chi connectivity index (χ3n) is 2.28. The summed E-state index contributed by atoms with van der Waals surface area (Å²) in [5.74, 6) is 0. The van der Waals surface area contributed by atoms with Crippen molar-refractivity contribution in [2.45, 2.75) is 6.54 Å². The van der Waals surface area contributed by atoms with Crippen molar-refractivity contribution in [2.24, 2.45) is 5.73 Å². The van der Waals surface area contributed by atoms with Crippen molar-refractivity contribution in [1.82, 2.24) is 0 Å². The van der Waals surface area contributed by atoms with Crippen LogP contribution in [0.25, 0.3) is 11.1 Å². The molecule has 2 rings (SSSR count). The van der Waals surface area contributed by atoms with Gasteiger partial charge in [0.1, 0.15) is 0 Å². The number of rotatable bonds is 2. The minimum atomic E-state index is 0.449. The summed E-state index contributed by atoms with van der Waals surface area (Å²) in [6, 6.07) is 17.0. The second-order valence-electron chi connectivity index (χ2n) is 3.27. The fraction of sp³-hybridized carbons (Fsp3) is 0.0769. The first-order valence-electron chi connectivity index (χ1n) is 4.77. The molecule has 0 bridgehead atoms. The molecule has 0 heterocycles. The lowest BCUT2D eigenvalue weighted by molar-refractivity contribution is 1.07. The van der Waals surface area contributed by atoms with Gasteiger partial charge in [-0.1, -0.05) is 48.0 Å². The Morgan fingerprint density at radius 2 is 1.80 bits per heavy atom. The molecule has 0 saturated carbocycles. The first-order valence-corrected chi connectivity index (χ1v) is 5.15. The second kappa shape index (κ2) is 4.47. The molecule has 15 heavy (non-hydrogen) atoms. The Balaban J connectivity index is 2.53. The van der Waals surface area contributed by atoms with E-state index in [1.165, 1.54) is 0 Å². The molecular weight excluding hydrogens is 206 g/mol. The summed E-state index contributed by atoms with van der Waals surface area (Å²) < 4.78 is 0. The van der Waals surface area contributed by atoms with Crippen LogP contribution in [0.15, 0.2) is 42.5 Å². The highest BCUT2D eigenvalue weighted by Crippen LogP contribution is 2.25. The van der Waals surface area contributed by atoms with Crippen LogP contribution in [0.2, 0.25) is 5.02 Å². The third-order valence-corrected chi connectivity index (χ3v) is 2.50. The van der Waals surface area contributed by atoms with Crippen LogP contribution in [0.4, 0.5) is 0 Å². The van der Waals surface area contributed by atoms with E-state index in [9.17, 15) is 0 Å². The van der Waals surface area contributed by atoms with Gasteiger partial charge in [0.25, 0.3) is 0 Å². The zero-order chi connectivity index (χ0) is 10.7. The molecule has 2 aromatic carbocycles. The van der Waals surface area contributed by atoms with E-state index in [0.717, 1.165) is 16.7 Å². The van der Waals surface area contributed by atoms with E-state index in [-0.39, 0.29) is 0 Å². The minimum absolute atomic E-state index is 0.449. The first-order chi connectivity index (χ1) is 7.31. The summed E-state index contributed by atoms with van der Waals surface area (Å²) in [5.41, 5.74) is 8.86. The van der Waals surface area contributed by atoms with E-state index in [2.05, 4.69) is 18.2 Å². The van der Waals surface area contributed by atoms with Crippen LogP contribution in [0.1, 0.15) is 5.56 Å². The normalized spacial score (nSPS) is 10.3. The summed E-state index contributed by atoms with van der Waals surface area (Å²) in [7, 11) is 0. The summed E-state index contributed by atoms with van der Waals surface area (Å²) >= 11 is 5.87. The zero-order valence-corrected chi connectivity index (χ0v) is 8.96. The van der Waals surface area contributed by atoms with Crippen LogP contribution >= 0.6 is 11.6 Å². The SMILES string of the molecule is NCc1[c]c(Cl)ccc1-c1ccccc1. The van der Waals surface area contributed by atoms with Gasteiger partial charge in [0.2, 0.25) is 0 Å². The highest BCUT2D eigenvalue weighted by molar-refractivity contribution is 6.30. The number of halogens is 1.